The molecule has 3 rings (SSSR count). The average Bonchev–Trinajstić information content (AvgIpc) is 2.72. The molecule has 30 heavy (non-hydrogen) atoms. The molecule has 0 radical (unpaired) electrons. The summed E-state index contributed by atoms with van der Waals surface area (Å²) in [5.41, 5.74) is 1.14. The molecule has 0 aliphatic heterocycles. The van der Waals surface area contributed by atoms with Gasteiger partial charge in [-0.1, -0.05) is 53.0 Å². The Bertz CT molecular complexity index is 1230. The first-order chi connectivity index (χ1) is 14.3. The topological polar surface area (TPSA) is 67.2 Å². The Kier molecular flexibility index (Phi) is 7.06. The second kappa shape index (κ2) is 9.55. The number of nitrogens with zero attached hydrogens (tertiary/aromatic N) is 1. The molecule has 3 aromatic rings. The molecular formula is C22H14Cl3NO3S. The minimum absolute atomic E-state index is 0.0135. The van der Waals surface area contributed by atoms with Crippen LogP contribution in [-0.4, -0.2) is 8.42 Å². The number of sulfone groups is 1. The Morgan fingerprint density at radius 1 is 0.967 bits per heavy atom. The lowest BCUT2D eigenvalue weighted by Gasteiger charge is -2.10. The SMILES string of the molecule is N#CC(=Cc1cccc(OCc2c(Cl)cccc2Cl)c1)S(=O)(=O)c1ccc(Cl)cc1. The highest BCUT2D eigenvalue weighted by atomic mass is 35.5. The van der Waals surface area contributed by atoms with Crippen LogP contribution in [0.4, 0.5) is 0 Å². The molecule has 0 saturated carbocycles. The molecule has 0 aromatic heterocycles. The second-order valence-electron chi connectivity index (χ2n) is 6.14. The Hall–Kier alpha value is -2.49. The molecule has 0 aliphatic rings. The quantitative estimate of drug-likeness (QED) is 0.376. The van der Waals surface area contributed by atoms with Gasteiger partial charge in [0.15, 0.2) is 0 Å². The first-order valence-corrected chi connectivity index (χ1v) is 11.2. The molecule has 0 bridgehead atoms. The molecule has 0 amide bonds. The van der Waals surface area contributed by atoms with Crippen molar-refractivity contribution in [2.75, 3.05) is 0 Å². The molecule has 0 saturated heterocycles. The third-order valence-electron chi connectivity index (χ3n) is 4.12. The molecule has 0 spiro atoms. The molecule has 0 fully saturated rings. The number of halogens is 3. The van der Waals surface area contributed by atoms with Crippen LogP contribution in [0.3, 0.4) is 0 Å². The van der Waals surface area contributed by atoms with Crippen molar-refractivity contribution in [3.05, 3.63) is 97.8 Å². The lowest BCUT2D eigenvalue weighted by Crippen LogP contribution is -2.03. The van der Waals surface area contributed by atoms with Crippen molar-refractivity contribution < 1.29 is 13.2 Å². The normalized spacial score (nSPS) is 11.7. The van der Waals surface area contributed by atoms with Crippen LogP contribution in [0.5, 0.6) is 5.75 Å². The first kappa shape index (κ1) is 22.2. The van der Waals surface area contributed by atoms with E-state index >= 15 is 0 Å². The smallest absolute Gasteiger partial charge is 0.216 e. The van der Waals surface area contributed by atoms with Crippen LogP contribution >= 0.6 is 34.8 Å². The second-order valence-corrected chi connectivity index (χ2v) is 9.31. The molecule has 152 valence electrons. The Balaban J connectivity index is 1.86. The number of hydrogen-bond donors (Lipinski definition) is 0. The van der Waals surface area contributed by atoms with E-state index in [2.05, 4.69) is 0 Å². The van der Waals surface area contributed by atoms with Crippen molar-refractivity contribution in [1.29, 1.82) is 5.26 Å². The third kappa shape index (κ3) is 5.16. The minimum atomic E-state index is -3.98. The van der Waals surface area contributed by atoms with E-state index in [1.165, 1.54) is 30.3 Å². The van der Waals surface area contributed by atoms with E-state index in [1.807, 2.05) is 0 Å². The molecule has 3 aromatic carbocycles. The number of benzene rings is 3. The highest BCUT2D eigenvalue weighted by Gasteiger charge is 2.20. The van der Waals surface area contributed by atoms with Crippen LogP contribution in [0.1, 0.15) is 11.1 Å². The van der Waals surface area contributed by atoms with Gasteiger partial charge in [-0.25, -0.2) is 8.42 Å². The summed E-state index contributed by atoms with van der Waals surface area (Å²) in [5.74, 6) is 0.473. The number of allylic oxidation sites excluding steroid dienone is 1. The average molecular weight is 479 g/mol. The standard InChI is InChI=1S/C22H14Cl3NO3S/c23-16-7-9-18(10-8-16)30(27,28)19(13-26)12-15-3-1-4-17(11-15)29-14-20-21(24)5-2-6-22(20)25/h1-12H,14H2. The maximum atomic E-state index is 12.8. The van der Waals surface area contributed by atoms with Crippen LogP contribution in [0.25, 0.3) is 6.08 Å². The first-order valence-electron chi connectivity index (χ1n) is 8.59. The van der Waals surface area contributed by atoms with Crippen molar-refractivity contribution in [3.63, 3.8) is 0 Å². The highest BCUT2D eigenvalue weighted by Crippen LogP contribution is 2.27. The van der Waals surface area contributed by atoms with E-state index in [1.54, 1.807) is 48.5 Å². The maximum Gasteiger partial charge on any atom is 0.216 e. The van der Waals surface area contributed by atoms with Gasteiger partial charge in [-0.05, 0) is 60.2 Å². The van der Waals surface area contributed by atoms with Crippen LogP contribution in [-0.2, 0) is 16.4 Å². The fourth-order valence-corrected chi connectivity index (χ4v) is 4.37. The van der Waals surface area contributed by atoms with E-state index < -0.39 is 14.7 Å². The number of nitriles is 1. The zero-order valence-corrected chi connectivity index (χ0v) is 18.4. The monoisotopic (exact) mass is 477 g/mol. The van der Waals surface area contributed by atoms with Crippen LogP contribution in [0.15, 0.2) is 76.5 Å². The summed E-state index contributed by atoms with van der Waals surface area (Å²) >= 11 is 18.1. The van der Waals surface area contributed by atoms with Gasteiger partial charge in [0, 0.05) is 20.6 Å². The van der Waals surface area contributed by atoms with Crippen molar-refractivity contribution in [3.8, 4) is 11.8 Å². The molecular weight excluding hydrogens is 465 g/mol. The molecule has 0 unspecified atom stereocenters. The zero-order valence-electron chi connectivity index (χ0n) is 15.3. The number of rotatable bonds is 6. The maximum absolute atomic E-state index is 12.8. The van der Waals surface area contributed by atoms with E-state index in [4.69, 9.17) is 39.5 Å². The van der Waals surface area contributed by atoms with E-state index in [0.29, 0.717) is 31.9 Å². The lowest BCUT2D eigenvalue weighted by atomic mass is 10.2. The van der Waals surface area contributed by atoms with Gasteiger partial charge < -0.3 is 4.74 Å². The van der Waals surface area contributed by atoms with Gasteiger partial charge in [0.1, 0.15) is 23.3 Å². The van der Waals surface area contributed by atoms with E-state index in [-0.39, 0.29) is 11.5 Å². The van der Waals surface area contributed by atoms with Gasteiger partial charge in [0.25, 0.3) is 0 Å². The summed E-state index contributed by atoms with van der Waals surface area (Å²) in [6.45, 7) is 0.139. The van der Waals surface area contributed by atoms with Crippen molar-refractivity contribution in [2.45, 2.75) is 11.5 Å². The predicted octanol–water partition coefficient (Wildman–Crippen LogP) is 6.56. The molecule has 4 nitrogen and oxygen atoms in total. The van der Waals surface area contributed by atoms with Crippen molar-refractivity contribution in [1.82, 2.24) is 0 Å². The zero-order chi connectivity index (χ0) is 21.7. The Labute approximate surface area is 189 Å². The summed E-state index contributed by atoms with van der Waals surface area (Å²) < 4.78 is 31.3. The van der Waals surface area contributed by atoms with Crippen LogP contribution in [0, 0.1) is 11.3 Å². The molecule has 0 atom stereocenters. The number of ether oxygens (including phenoxy) is 1. The molecule has 0 N–H and O–H groups in total. The van der Waals surface area contributed by atoms with Crippen LogP contribution < -0.4 is 4.74 Å². The summed E-state index contributed by atoms with van der Waals surface area (Å²) in [6.07, 6.45) is 1.29. The Morgan fingerprint density at radius 2 is 1.60 bits per heavy atom. The summed E-state index contributed by atoms with van der Waals surface area (Å²) in [7, 11) is -3.98. The fourth-order valence-electron chi connectivity index (χ4n) is 2.58. The highest BCUT2D eigenvalue weighted by molar-refractivity contribution is 7.95. The molecule has 8 heteroatoms. The van der Waals surface area contributed by atoms with Crippen LogP contribution in [0.2, 0.25) is 15.1 Å². The van der Waals surface area contributed by atoms with E-state index in [9.17, 15) is 13.7 Å². The van der Waals surface area contributed by atoms with E-state index in [0.717, 1.165) is 0 Å². The van der Waals surface area contributed by atoms with Gasteiger partial charge >= 0.3 is 0 Å². The van der Waals surface area contributed by atoms with Gasteiger partial charge in [0.2, 0.25) is 9.84 Å². The summed E-state index contributed by atoms with van der Waals surface area (Å²) in [6, 6.07) is 19.3. The minimum Gasteiger partial charge on any atom is -0.489 e. The number of hydrogen-bond acceptors (Lipinski definition) is 4. The predicted molar refractivity (Wildman–Crippen MR) is 119 cm³/mol. The summed E-state index contributed by atoms with van der Waals surface area (Å²) in [5, 5.41) is 10.8. The molecule has 0 aliphatic carbocycles. The van der Waals surface area contributed by atoms with Gasteiger partial charge in [0.05, 0.1) is 4.90 Å². The van der Waals surface area contributed by atoms with Gasteiger partial charge in [-0.3, -0.25) is 0 Å². The van der Waals surface area contributed by atoms with Crippen molar-refractivity contribution >= 4 is 50.7 Å². The molecule has 0 heterocycles. The Morgan fingerprint density at radius 3 is 2.23 bits per heavy atom. The fraction of sp³-hybridized carbons (Fsp3) is 0.0455. The van der Waals surface area contributed by atoms with Gasteiger partial charge in [-0.2, -0.15) is 5.26 Å². The third-order valence-corrected chi connectivity index (χ3v) is 6.77. The van der Waals surface area contributed by atoms with Gasteiger partial charge in [-0.15, -0.1) is 0 Å². The summed E-state index contributed by atoms with van der Waals surface area (Å²) in [4.78, 5) is -0.406. The lowest BCUT2D eigenvalue weighted by molar-refractivity contribution is 0.306. The van der Waals surface area contributed by atoms with Crippen molar-refractivity contribution in [2.24, 2.45) is 0 Å². The largest absolute Gasteiger partial charge is 0.489 e.